The molecule has 0 saturated heterocycles. The van der Waals surface area contributed by atoms with E-state index in [1.54, 1.807) is 11.3 Å². The van der Waals surface area contributed by atoms with E-state index < -0.39 is 0 Å². The summed E-state index contributed by atoms with van der Waals surface area (Å²) in [4.78, 5) is 4.53. The van der Waals surface area contributed by atoms with Crippen LogP contribution in [0.2, 0.25) is 0 Å². The summed E-state index contributed by atoms with van der Waals surface area (Å²) in [5, 5.41) is 3.34. The normalized spacial score (nSPS) is 30.5. The van der Waals surface area contributed by atoms with Crippen molar-refractivity contribution in [2.75, 3.05) is 6.54 Å². The van der Waals surface area contributed by atoms with E-state index in [4.69, 9.17) is 5.73 Å². The van der Waals surface area contributed by atoms with Gasteiger partial charge in [0.1, 0.15) is 0 Å². The van der Waals surface area contributed by atoms with Crippen LogP contribution < -0.4 is 5.73 Å². The summed E-state index contributed by atoms with van der Waals surface area (Å²) in [5.41, 5.74) is 7.34. The van der Waals surface area contributed by atoms with Crippen molar-refractivity contribution in [3.63, 3.8) is 0 Å². The Balaban J connectivity index is 2.21. The molecule has 0 spiro atoms. The Morgan fingerprint density at radius 2 is 2.31 bits per heavy atom. The zero-order valence-corrected chi connectivity index (χ0v) is 9.19. The van der Waals surface area contributed by atoms with E-state index in [9.17, 15) is 0 Å². The fourth-order valence-corrected chi connectivity index (χ4v) is 2.94. The average molecular weight is 196 g/mol. The van der Waals surface area contributed by atoms with E-state index in [-0.39, 0.29) is 0 Å². The van der Waals surface area contributed by atoms with Gasteiger partial charge in [0.2, 0.25) is 0 Å². The van der Waals surface area contributed by atoms with Crippen LogP contribution in [-0.4, -0.2) is 11.5 Å². The lowest BCUT2D eigenvalue weighted by atomic mass is 10.1. The number of thiazole rings is 1. The summed E-state index contributed by atoms with van der Waals surface area (Å²) in [5.74, 6) is 1.23. The van der Waals surface area contributed by atoms with Crippen molar-refractivity contribution in [3.8, 4) is 0 Å². The largest absolute Gasteiger partial charge is 0.330 e. The Labute approximate surface area is 83.2 Å². The van der Waals surface area contributed by atoms with Crippen molar-refractivity contribution < 1.29 is 0 Å². The average Bonchev–Trinajstić information content (AvgIpc) is 2.41. The lowest BCUT2D eigenvalue weighted by Gasteiger charge is -1.98. The van der Waals surface area contributed by atoms with Gasteiger partial charge in [0, 0.05) is 11.3 Å². The van der Waals surface area contributed by atoms with Crippen LogP contribution in [0.25, 0.3) is 0 Å². The van der Waals surface area contributed by atoms with Crippen LogP contribution in [0.3, 0.4) is 0 Å². The third-order valence-electron chi connectivity index (χ3n) is 3.26. The predicted molar refractivity (Wildman–Crippen MR) is 55.9 cm³/mol. The van der Waals surface area contributed by atoms with Gasteiger partial charge in [-0.15, -0.1) is 11.3 Å². The van der Waals surface area contributed by atoms with Gasteiger partial charge in [-0.05, 0) is 24.8 Å². The molecule has 1 fully saturated rings. The van der Waals surface area contributed by atoms with Crippen molar-refractivity contribution in [1.29, 1.82) is 0 Å². The Morgan fingerprint density at radius 1 is 1.62 bits per heavy atom. The highest BCUT2D eigenvalue weighted by Gasteiger charge is 2.58. The lowest BCUT2D eigenvalue weighted by Crippen LogP contribution is -2.05. The number of rotatable bonds is 2. The molecule has 0 aliphatic heterocycles. The van der Waals surface area contributed by atoms with E-state index in [1.807, 2.05) is 0 Å². The summed E-state index contributed by atoms with van der Waals surface area (Å²) in [6.07, 6.45) is 0. The SMILES string of the molecule is Cc1nc([C@H]2[C@H](CN)C2(C)C)cs1. The van der Waals surface area contributed by atoms with Crippen molar-refractivity contribution >= 4 is 11.3 Å². The zero-order valence-electron chi connectivity index (χ0n) is 8.37. The Bertz CT molecular complexity index is 316. The molecule has 1 aliphatic rings. The molecule has 1 aromatic heterocycles. The van der Waals surface area contributed by atoms with Crippen molar-refractivity contribution in [1.82, 2.24) is 4.98 Å². The summed E-state index contributed by atoms with van der Waals surface area (Å²) in [7, 11) is 0. The van der Waals surface area contributed by atoms with Crippen LogP contribution >= 0.6 is 11.3 Å². The minimum Gasteiger partial charge on any atom is -0.330 e. The lowest BCUT2D eigenvalue weighted by molar-refractivity contribution is 0.557. The topological polar surface area (TPSA) is 38.9 Å². The maximum Gasteiger partial charge on any atom is 0.0897 e. The highest BCUT2D eigenvalue weighted by atomic mass is 32.1. The number of hydrogen-bond acceptors (Lipinski definition) is 3. The molecule has 0 unspecified atom stereocenters. The minimum atomic E-state index is 0.370. The van der Waals surface area contributed by atoms with Gasteiger partial charge in [-0.2, -0.15) is 0 Å². The van der Waals surface area contributed by atoms with Gasteiger partial charge in [0.05, 0.1) is 10.7 Å². The van der Waals surface area contributed by atoms with Crippen molar-refractivity contribution in [2.24, 2.45) is 17.1 Å². The van der Waals surface area contributed by atoms with Crippen molar-refractivity contribution in [2.45, 2.75) is 26.7 Å². The summed E-state index contributed by atoms with van der Waals surface area (Å²) >= 11 is 1.73. The maximum atomic E-state index is 5.72. The Hall–Kier alpha value is -0.410. The molecule has 0 aromatic carbocycles. The molecule has 1 heterocycles. The maximum absolute atomic E-state index is 5.72. The summed E-state index contributed by atoms with van der Waals surface area (Å²) in [6.45, 7) is 7.41. The molecule has 2 rings (SSSR count). The molecule has 0 radical (unpaired) electrons. The fraction of sp³-hybridized carbons (Fsp3) is 0.700. The molecular formula is C10H16N2S. The van der Waals surface area contributed by atoms with Gasteiger partial charge in [0.15, 0.2) is 0 Å². The third kappa shape index (κ3) is 1.30. The first-order valence-electron chi connectivity index (χ1n) is 4.69. The zero-order chi connectivity index (χ0) is 9.64. The van der Waals surface area contributed by atoms with E-state index in [1.165, 1.54) is 5.69 Å². The standard InChI is InChI=1S/C10H16N2S/c1-6-12-8(5-13-6)9-7(4-11)10(9,2)3/h5,7,9H,4,11H2,1-3H3/t7-,9+/m0/s1. The highest BCUT2D eigenvalue weighted by molar-refractivity contribution is 7.09. The van der Waals surface area contributed by atoms with Crippen LogP contribution in [0.5, 0.6) is 0 Å². The van der Waals surface area contributed by atoms with Gasteiger partial charge < -0.3 is 5.73 Å². The number of hydrogen-bond donors (Lipinski definition) is 1. The Kier molecular flexibility index (Phi) is 1.96. The van der Waals surface area contributed by atoms with E-state index in [2.05, 4.69) is 31.1 Å². The molecule has 3 heteroatoms. The summed E-state index contributed by atoms with van der Waals surface area (Å²) < 4.78 is 0. The number of aromatic nitrogens is 1. The van der Waals surface area contributed by atoms with Crippen LogP contribution in [-0.2, 0) is 0 Å². The monoisotopic (exact) mass is 196 g/mol. The first-order valence-corrected chi connectivity index (χ1v) is 5.57. The van der Waals surface area contributed by atoms with Gasteiger partial charge in [-0.1, -0.05) is 13.8 Å². The van der Waals surface area contributed by atoms with Gasteiger partial charge in [-0.25, -0.2) is 4.98 Å². The molecule has 13 heavy (non-hydrogen) atoms. The first kappa shape index (κ1) is 9.16. The molecule has 0 bridgehead atoms. The van der Waals surface area contributed by atoms with Crippen LogP contribution in [0.4, 0.5) is 0 Å². The highest BCUT2D eigenvalue weighted by Crippen LogP contribution is 2.63. The Morgan fingerprint density at radius 3 is 2.69 bits per heavy atom. The van der Waals surface area contributed by atoms with Crippen molar-refractivity contribution in [3.05, 3.63) is 16.1 Å². The quantitative estimate of drug-likeness (QED) is 0.787. The molecule has 1 aromatic rings. The smallest absolute Gasteiger partial charge is 0.0897 e. The van der Waals surface area contributed by atoms with E-state index in [0.717, 1.165) is 11.6 Å². The molecule has 1 saturated carbocycles. The second-order valence-corrected chi connectivity index (χ2v) is 5.49. The van der Waals surface area contributed by atoms with Crippen LogP contribution in [0.1, 0.15) is 30.5 Å². The van der Waals surface area contributed by atoms with Gasteiger partial charge >= 0.3 is 0 Å². The van der Waals surface area contributed by atoms with Gasteiger partial charge in [0.25, 0.3) is 0 Å². The minimum absolute atomic E-state index is 0.370. The molecule has 0 amide bonds. The predicted octanol–water partition coefficient (Wildman–Crippen LogP) is 2.15. The second-order valence-electron chi connectivity index (χ2n) is 4.43. The van der Waals surface area contributed by atoms with E-state index >= 15 is 0 Å². The summed E-state index contributed by atoms with van der Waals surface area (Å²) in [6, 6.07) is 0. The molecule has 72 valence electrons. The fourth-order valence-electron chi connectivity index (χ4n) is 2.29. The van der Waals surface area contributed by atoms with E-state index in [0.29, 0.717) is 17.3 Å². The molecule has 2 N–H and O–H groups in total. The molecule has 2 atom stereocenters. The molecule has 2 nitrogen and oxygen atoms in total. The van der Waals surface area contributed by atoms with Gasteiger partial charge in [-0.3, -0.25) is 0 Å². The first-order chi connectivity index (χ1) is 6.07. The molecule has 1 aliphatic carbocycles. The van der Waals surface area contributed by atoms with Crippen LogP contribution in [0.15, 0.2) is 5.38 Å². The van der Waals surface area contributed by atoms with Crippen LogP contribution in [0, 0.1) is 18.3 Å². The molecular weight excluding hydrogens is 180 g/mol. The number of nitrogens with zero attached hydrogens (tertiary/aromatic N) is 1. The third-order valence-corrected chi connectivity index (χ3v) is 4.05. The number of aryl methyl sites for hydroxylation is 1. The number of nitrogens with two attached hydrogens (primary N) is 1. The second kappa shape index (κ2) is 2.79.